The standard InChI is InChI=1S/C12H22N2O5/c1-12(18)3-5-13(6-4-12)11(17)14(7-8-19-2)9-10(15)16/h18H,3-9H2,1-2H3,(H,15,16). The molecule has 0 aromatic rings. The molecule has 0 aromatic carbocycles. The molecule has 7 heteroatoms. The minimum absolute atomic E-state index is 0.245. The third kappa shape index (κ3) is 5.04. The molecule has 0 aliphatic carbocycles. The summed E-state index contributed by atoms with van der Waals surface area (Å²) in [5.74, 6) is -1.05. The molecule has 0 atom stereocenters. The summed E-state index contributed by atoms with van der Waals surface area (Å²) in [6.07, 6.45) is 1.01. The SMILES string of the molecule is COCCN(CC(=O)O)C(=O)N1CCC(C)(O)CC1. The number of carbonyl (C=O) groups excluding carboxylic acids is 1. The number of urea groups is 1. The molecule has 0 bridgehead atoms. The number of carboxylic acids is 1. The minimum atomic E-state index is -1.05. The van der Waals surface area contributed by atoms with E-state index in [1.54, 1.807) is 11.8 Å². The Morgan fingerprint density at radius 3 is 2.42 bits per heavy atom. The molecule has 0 unspecified atom stereocenters. The molecule has 1 rings (SSSR count). The minimum Gasteiger partial charge on any atom is -0.480 e. The summed E-state index contributed by atoms with van der Waals surface area (Å²) in [5, 5.41) is 18.7. The van der Waals surface area contributed by atoms with E-state index in [9.17, 15) is 14.7 Å². The Kier molecular flexibility index (Phi) is 5.56. The van der Waals surface area contributed by atoms with E-state index in [2.05, 4.69) is 0 Å². The van der Waals surface area contributed by atoms with E-state index in [4.69, 9.17) is 9.84 Å². The fraction of sp³-hybridized carbons (Fsp3) is 0.833. The van der Waals surface area contributed by atoms with Crippen LogP contribution in [0.2, 0.25) is 0 Å². The summed E-state index contributed by atoms with van der Waals surface area (Å²) in [6, 6.07) is -0.310. The van der Waals surface area contributed by atoms with Crippen LogP contribution in [0.25, 0.3) is 0 Å². The molecule has 2 N–H and O–H groups in total. The highest BCUT2D eigenvalue weighted by Gasteiger charge is 2.31. The average molecular weight is 274 g/mol. The number of amides is 2. The lowest BCUT2D eigenvalue weighted by atomic mass is 9.94. The van der Waals surface area contributed by atoms with Gasteiger partial charge in [-0.2, -0.15) is 0 Å². The van der Waals surface area contributed by atoms with Crippen LogP contribution < -0.4 is 0 Å². The van der Waals surface area contributed by atoms with E-state index < -0.39 is 11.6 Å². The van der Waals surface area contributed by atoms with E-state index in [1.807, 2.05) is 0 Å². The number of carbonyl (C=O) groups is 2. The summed E-state index contributed by atoms with van der Waals surface area (Å²) in [4.78, 5) is 25.8. The van der Waals surface area contributed by atoms with Crippen molar-refractivity contribution in [3.63, 3.8) is 0 Å². The molecule has 1 fully saturated rings. The highest BCUT2D eigenvalue weighted by Crippen LogP contribution is 2.21. The highest BCUT2D eigenvalue weighted by molar-refractivity contribution is 5.80. The molecule has 0 aromatic heterocycles. The van der Waals surface area contributed by atoms with Crippen LogP contribution >= 0.6 is 0 Å². The van der Waals surface area contributed by atoms with Crippen LogP contribution in [0.15, 0.2) is 0 Å². The van der Waals surface area contributed by atoms with E-state index in [1.165, 1.54) is 12.0 Å². The molecule has 19 heavy (non-hydrogen) atoms. The van der Waals surface area contributed by atoms with Crippen LogP contribution in [0.3, 0.4) is 0 Å². The molecule has 1 saturated heterocycles. The van der Waals surface area contributed by atoms with E-state index in [0.717, 1.165) is 0 Å². The second kappa shape index (κ2) is 6.72. The lowest BCUT2D eigenvalue weighted by Crippen LogP contribution is -2.51. The zero-order valence-corrected chi connectivity index (χ0v) is 11.5. The predicted octanol–water partition coefficient (Wildman–Crippen LogP) is -0.0138. The number of nitrogens with zero attached hydrogens (tertiary/aromatic N) is 2. The molecule has 0 radical (unpaired) electrons. The number of methoxy groups -OCH3 is 1. The quantitative estimate of drug-likeness (QED) is 0.735. The first-order chi connectivity index (χ1) is 8.85. The zero-order chi connectivity index (χ0) is 14.5. The molecule has 1 aliphatic heterocycles. The van der Waals surface area contributed by atoms with Crippen LogP contribution in [0.5, 0.6) is 0 Å². The van der Waals surface area contributed by atoms with Gasteiger partial charge in [0.15, 0.2) is 0 Å². The van der Waals surface area contributed by atoms with Gasteiger partial charge < -0.3 is 24.7 Å². The number of rotatable bonds is 5. The van der Waals surface area contributed by atoms with Crippen LogP contribution in [0.1, 0.15) is 19.8 Å². The second-order valence-electron chi connectivity index (χ2n) is 5.07. The first-order valence-corrected chi connectivity index (χ1v) is 6.33. The summed E-state index contributed by atoms with van der Waals surface area (Å²) >= 11 is 0. The third-order valence-corrected chi connectivity index (χ3v) is 3.27. The molecule has 1 heterocycles. The van der Waals surface area contributed by atoms with Gasteiger partial charge in [-0.15, -0.1) is 0 Å². The second-order valence-corrected chi connectivity index (χ2v) is 5.07. The first-order valence-electron chi connectivity index (χ1n) is 6.33. The van der Waals surface area contributed by atoms with Crippen molar-refractivity contribution >= 4 is 12.0 Å². The van der Waals surface area contributed by atoms with Crippen molar-refractivity contribution in [1.29, 1.82) is 0 Å². The van der Waals surface area contributed by atoms with Gasteiger partial charge in [-0.25, -0.2) is 4.79 Å². The summed E-state index contributed by atoms with van der Waals surface area (Å²) < 4.78 is 4.88. The normalized spacial score (nSPS) is 18.2. The summed E-state index contributed by atoms with van der Waals surface area (Å²) in [7, 11) is 1.50. The maximum absolute atomic E-state index is 12.2. The Labute approximate surface area is 112 Å². The summed E-state index contributed by atoms with van der Waals surface area (Å²) in [5.41, 5.74) is -0.735. The van der Waals surface area contributed by atoms with Crippen molar-refractivity contribution in [3.05, 3.63) is 0 Å². The lowest BCUT2D eigenvalue weighted by Gasteiger charge is -2.38. The van der Waals surface area contributed by atoms with Crippen molar-refractivity contribution in [2.24, 2.45) is 0 Å². The zero-order valence-electron chi connectivity index (χ0n) is 11.5. The molecule has 2 amide bonds. The van der Waals surface area contributed by atoms with Gasteiger partial charge in [0.1, 0.15) is 6.54 Å². The number of aliphatic hydroxyl groups is 1. The molecular formula is C12H22N2O5. The van der Waals surface area contributed by atoms with Gasteiger partial charge in [-0.3, -0.25) is 4.79 Å². The number of aliphatic carboxylic acids is 1. The Morgan fingerprint density at radius 2 is 1.95 bits per heavy atom. The number of carboxylic acid groups (broad SMARTS) is 1. The fourth-order valence-corrected chi connectivity index (χ4v) is 1.99. The van der Waals surface area contributed by atoms with E-state index in [-0.39, 0.29) is 19.1 Å². The number of hydrogen-bond acceptors (Lipinski definition) is 4. The van der Waals surface area contributed by atoms with Crippen molar-refractivity contribution in [2.75, 3.05) is 39.9 Å². The van der Waals surface area contributed by atoms with Gasteiger partial charge in [0.25, 0.3) is 0 Å². The van der Waals surface area contributed by atoms with Crippen molar-refractivity contribution in [3.8, 4) is 0 Å². The number of piperidine rings is 1. The van der Waals surface area contributed by atoms with Crippen LogP contribution in [0, 0.1) is 0 Å². The van der Waals surface area contributed by atoms with Crippen molar-refractivity contribution in [2.45, 2.75) is 25.4 Å². The molecule has 7 nitrogen and oxygen atoms in total. The first kappa shape index (κ1) is 15.7. The molecule has 1 aliphatic rings. The van der Waals surface area contributed by atoms with E-state index >= 15 is 0 Å². The monoisotopic (exact) mass is 274 g/mol. The molecular weight excluding hydrogens is 252 g/mol. The molecule has 0 saturated carbocycles. The van der Waals surface area contributed by atoms with Gasteiger partial charge in [0, 0.05) is 26.7 Å². The largest absolute Gasteiger partial charge is 0.480 e. The average Bonchev–Trinajstić information content (AvgIpc) is 2.33. The number of likely N-dealkylation sites (tertiary alicyclic amines) is 1. The summed E-state index contributed by atoms with van der Waals surface area (Å²) in [6.45, 7) is 2.83. The highest BCUT2D eigenvalue weighted by atomic mass is 16.5. The predicted molar refractivity (Wildman–Crippen MR) is 67.9 cm³/mol. The van der Waals surface area contributed by atoms with Gasteiger partial charge >= 0.3 is 12.0 Å². The number of hydrogen-bond donors (Lipinski definition) is 2. The lowest BCUT2D eigenvalue weighted by molar-refractivity contribution is -0.138. The molecule has 110 valence electrons. The van der Waals surface area contributed by atoms with Gasteiger partial charge in [0.2, 0.25) is 0 Å². The van der Waals surface area contributed by atoms with Gasteiger partial charge in [-0.1, -0.05) is 0 Å². The Balaban J connectivity index is 2.58. The number of ether oxygens (including phenoxy) is 1. The topological polar surface area (TPSA) is 90.3 Å². The van der Waals surface area contributed by atoms with Crippen LogP contribution in [0.4, 0.5) is 4.79 Å². The third-order valence-electron chi connectivity index (χ3n) is 3.27. The fourth-order valence-electron chi connectivity index (χ4n) is 1.99. The Bertz CT molecular complexity index is 322. The Morgan fingerprint density at radius 1 is 1.37 bits per heavy atom. The smallest absolute Gasteiger partial charge is 0.323 e. The molecule has 0 spiro atoms. The maximum Gasteiger partial charge on any atom is 0.323 e. The van der Waals surface area contributed by atoms with Crippen molar-refractivity contribution < 1.29 is 24.5 Å². The Hall–Kier alpha value is -1.34. The van der Waals surface area contributed by atoms with Crippen LogP contribution in [-0.2, 0) is 9.53 Å². The van der Waals surface area contributed by atoms with Crippen molar-refractivity contribution in [1.82, 2.24) is 9.80 Å². The van der Waals surface area contributed by atoms with Gasteiger partial charge in [0.05, 0.1) is 12.2 Å². The maximum atomic E-state index is 12.2. The van der Waals surface area contributed by atoms with Gasteiger partial charge in [-0.05, 0) is 19.8 Å². The van der Waals surface area contributed by atoms with Crippen LogP contribution in [-0.4, -0.2) is 77.5 Å². The van der Waals surface area contributed by atoms with E-state index in [0.29, 0.717) is 32.5 Å².